The Morgan fingerprint density at radius 1 is 1.24 bits per heavy atom. The van der Waals surface area contributed by atoms with Gasteiger partial charge in [-0.1, -0.05) is 28.1 Å². The molecule has 0 bridgehead atoms. The summed E-state index contributed by atoms with van der Waals surface area (Å²) in [6.45, 7) is 2.13. The molecule has 1 aromatic heterocycles. The van der Waals surface area contributed by atoms with Crippen molar-refractivity contribution in [3.05, 3.63) is 57.2 Å². The highest BCUT2D eigenvalue weighted by Gasteiger charge is 2.07. The molecule has 4 heteroatoms. The second kappa shape index (κ2) is 5.65. The molecular formula is C13H12Br2N2. The highest BCUT2D eigenvalue weighted by molar-refractivity contribution is 9.10. The predicted molar refractivity (Wildman–Crippen MR) is 78.1 cm³/mol. The van der Waals surface area contributed by atoms with Crippen molar-refractivity contribution in [3.63, 3.8) is 0 Å². The molecule has 0 aliphatic heterocycles. The number of hydrogen-bond acceptors (Lipinski definition) is 2. The number of halogens is 2. The van der Waals surface area contributed by atoms with Crippen molar-refractivity contribution in [1.82, 2.24) is 4.98 Å². The van der Waals surface area contributed by atoms with Crippen LogP contribution < -0.4 is 5.32 Å². The van der Waals surface area contributed by atoms with Crippen LogP contribution in [0.2, 0.25) is 0 Å². The van der Waals surface area contributed by atoms with Crippen molar-refractivity contribution in [2.24, 2.45) is 0 Å². The van der Waals surface area contributed by atoms with E-state index in [1.54, 1.807) is 12.4 Å². The summed E-state index contributed by atoms with van der Waals surface area (Å²) >= 11 is 6.96. The molecule has 1 atom stereocenters. The second-order valence-corrected chi connectivity index (χ2v) is 5.55. The van der Waals surface area contributed by atoms with Gasteiger partial charge in [-0.2, -0.15) is 0 Å². The first kappa shape index (κ1) is 12.6. The average Bonchev–Trinajstić information content (AvgIpc) is 2.32. The van der Waals surface area contributed by atoms with Gasteiger partial charge in [0.15, 0.2) is 0 Å². The number of nitrogens with zero attached hydrogens (tertiary/aromatic N) is 1. The van der Waals surface area contributed by atoms with Gasteiger partial charge in [0.1, 0.15) is 0 Å². The Morgan fingerprint density at radius 2 is 2.06 bits per heavy atom. The maximum absolute atomic E-state index is 4.04. The van der Waals surface area contributed by atoms with Gasteiger partial charge in [0.05, 0.1) is 10.2 Å². The van der Waals surface area contributed by atoms with Gasteiger partial charge < -0.3 is 5.32 Å². The van der Waals surface area contributed by atoms with E-state index in [4.69, 9.17) is 0 Å². The van der Waals surface area contributed by atoms with E-state index in [2.05, 4.69) is 61.2 Å². The van der Waals surface area contributed by atoms with Gasteiger partial charge in [-0.15, -0.1) is 0 Å². The Morgan fingerprint density at radius 3 is 2.76 bits per heavy atom. The lowest BCUT2D eigenvalue weighted by Crippen LogP contribution is -2.07. The standard InChI is InChI=1S/C13H12Br2N2/c1-9(10-3-2-4-11(14)7-10)17-13-5-6-16-8-12(13)15/h2-9H,1H3,(H,16,17). The Balaban J connectivity index is 2.17. The van der Waals surface area contributed by atoms with Crippen molar-refractivity contribution < 1.29 is 0 Å². The molecule has 2 aromatic rings. The summed E-state index contributed by atoms with van der Waals surface area (Å²) in [6.07, 6.45) is 3.57. The van der Waals surface area contributed by atoms with Crippen LogP contribution in [0, 0.1) is 0 Å². The summed E-state index contributed by atoms with van der Waals surface area (Å²) in [5.74, 6) is 0. The zero-order chi connectivity index (χ0) is 12.3. The van der Waals surface area contributed by atoms with E-state index < -0.39 is 0 Å². The molecule has 88 valence electrons. The van der Waals surface area contributed by atoms with E-state index in [1.807, 2.05) is 18.2 Å². The van der Waals surface area contributed by atoms with Gasteiger partial charge in [-0.25, -0.2) is 0 Å². The minimum Gasteiger partial charge on any atom is -0.378 e. The van der Waals surface area contributed by atoms with Crippen molar-refractivity contribution in [2.45, 2.75) is 13.0 Å². The summed E-state index contributed by atoms with van der Waals surface area (Å²) in [4.78, 5) is 4.04. The van der Waals surface area contributed by atoms with E-state index >= 15 is 0 Å². The normalized spacial score (nSPS) is 12.2. The highest BCUT2D eigenvalue weighted by atomic mass is 79.9. The van der Waals surface area contributed by atoms with E-state index in [-0.39, 0.29) is 6.04 Å². The van der Waals surface area contributed by atoms with Crippen LogP contribution in [-0.4, -0.2) is 4.98 Å². The van der Waals surface area contributed by atoms with Gasteiger partial charge in [0, 0.05) is 22.9 Å². The summed E-state index contributed by atoms with van der Waals surface area (Å²) < 4.78 is 2.07. The first-order valence-electron chi connectivity index (χ1n) is 5.28. The van der Waals surface area contributed by atoms with Crippen molar-refractivity contribution in [2.75, 3.05) is 5.32 Å². The van der Waals surface area contributed by atoms with Crippen molar-refractivity contribution >= 4 is 37.5 Å². The quantitative estimate of drug-likeness (QED) is 0.856. The van der Waals surface area contributed by atoms with Crippen LogP contribution >= 0.6 is 31.9 Å². The van der Waals surface area contributed by atoms with Crippen molar-refractivity contribution in [3.8, 4) is 0 Å². The number of anilines is 1. The summed E-state index contributed by atoms with van der Waals surface area (Å²) in [5.41, 5.74) is 2.29. The smallest absolute Gasteiger partial charge is 0.0590 e. The van der Waals surface area contributed by atoms with Crippen LogP contribution in [0.5, 0.6) is 0 Å². The number of rotatable bonds is 3. The topological polar surface area (TPSA) is 24.9 Å². The highest BCUT2D eigenvalue weighted by Crippen LogP contribution is 2.26. The Labute approximate surface area is 118 Å². The van der Waals surface area contributed by atoms with Crippen LogP contribution in [0.1, 0.15) is 18.5 Å². The maximum Gasteiger partial charge on any atom is 0.0590 e. The van der Waals surface area contributed by atoms with Crippen molar-refractivity contribution in [1.29, 1.82) is 0 Å². The fourth-order valence-corrected chi connectivity index (χ4v) is 2.37. The third-order valence-corrected chi connectivity index (χ3v) is 3.62. The van der Waals surface area contributed by atoms with Gasteiger partial charge in [-0.3, -0.25) is 4.98 Å². The number of pyridine rings is 1. The molecular weight excluding hydrogens is 344 g/mol. The third kappa shape index (κ3) is 3.30. The fourth-order valence-electron chi connectivity index (χ4n) is 1.58. The zero-order valence-corrected chi connectivity index (χ0v) is 12.5. The lowest BCUT2D eigenvalue weighted by molar-refractivity contribution is 0.881. The Kier molecular flexibility index (Phi) is 4.18. The first-order chi connectivity index (χ1) is 8.16. The lowest BCUT2D eigenvalue weighted by Gasteiger charge is -2.16. The largest absolute Gasteiger partial charge is 0.378 e. The van der Waals surface area contributed by atoms with E-state index in [0.29, 0.717) is 0 Å². The molecule has 0 amide bonds. The number of nitrogens with one attached hydrogen (secondary N) is 1. The van der Waals surface area contributed by atoms with Crippen LogP contribution in [-0.2, 0) is 0 Å². The van der Waals surface area contributed by atoms with E-state index in [1.165, 1.54) is 5.56 Å². The van der Waals surface area contributed by atoms with Gasteiger partial charge in [-0.05, 0) is 46.6 Å². The van der Waals surface area contributed by atoms with Crippen LogP contribution in [0.3, 0.4) is 0 Å². The molecule has 0 radical (unpaired) electrons. The van der Waals surface area contributed by atoms with Crippen LogP contribution in [0.4, 0.5) is 5.69 Å². The van der Waals surface area contributed by atoms with E-state index in [9.17, 15) is 0 Å². The molecule has 0 spiro atoms. The molecule has 1 N–H and O–H groups in total. The molecule has 0 aliphatic carbocycles. The van der Waals surface area contributed by atoms with E-state index in [0.717, 1.165) is 14.6 Å². The monoisotopic (exact) mass is 354 g/mol. The first-order valence-corrected chi connectivity index (χ1v) is 6.87. The minimum atomic E-state index is 0.242. The number of aromatic nitrogens is 1. The van der Waals surface area contributed by atoms with Gasteiger partial charge in [0.2, 0.25) is 0 Å². The SMILES string of the molecule is CC(Nc1ccncc1Br)c1cccc(Br)c1. The Bertz CT molecular complexity index is 514. The molecule has 0 saturated carbocycles. The number of benzene rings is 1. The zero-order valence-electron chi connectivity index (χ0n) is 9.32. The summed E-state index contributed by atoms with van der Waals surface area (Å²) in [5, 5.41) is 3.45. The molecule has 2 nitrogen and oxygen atoms in total. The molecule has 1 unspecified atom stereocenters. The van der Waals surface area contributed by atoms with Gasteiger partial charge >= 0.3 is 0 Å². The fraction of sp³-hybridized carbons (Fsp3) is 0.154. The second-order valence-electron chi connectivity index (χ2n) is 3.78. The average molecular weight is 356 g/mol. The molecule has 0 saturated heterocycles. The lowest BCUT2D eigenvalue weighted by atomic mass is 10.1. The molecule has 0 aliphatic rings. The summed E-state index contributed by atoms with van der Waals surface area (Å²) in [7, 11) is 0. The molecule has 17 heavy (non-hydrogen) atoms. The van der Waals surface area contributed by atoms with Crippen LogP contribution in [0.15, 0.2) is 51.7 Å². The summed E-state index contributed by atoms with van der Waals surface area (Å²) in [6, 6.07) is 10.5. The molecule has 1 aromatic carbocycles. The third-order valence-electron chi connectivity index (χ3n) is 2.49. The van der Waals surface area contributed by atoms with Gasteiger partial charge in [0.25, 0.3) is 0 Å². The molecule has 0 fully saturated rings. The molecule has 1 heterocycles. The predicted octanol–water partition coefficient (Wildman–Crippen LogP) is 4.78. The minimum absolute atomic E-state index is 0.242. The maximum atomic E-state index is 4.04. The number of hydrogen-bond donors (Lipinski definition) is 1. The molecule has 2 rings (SSSR count). The Hall–Kier alpha value is -0.870. The van der Waals surface area contributed by atoms with Crippen LogP contribution in [0.25, 0.3) is 0 Å².